The quantitative estimate of drug-likeness (QED) is 0.607. The van der Waals surface area contributed by atoms with Crippen LogP contribution in [0.3, 0.4) is 0 Å². The van der Waals surface area contributed by atoms with E-state index in [2.05, 4.69) is 0 Å². The zero-order chi connectivity index (χ0) is 13.7. The van der Waals surface area contributed by atoms with E-state index in [0.717, 1.165) is 25.0 Å². The molecular weight excluding hydrogens is 251 g/mol. The van der Waals surface area contributed by atoms with Gasteiger partial charge in [-0.15, -0.1) is 0 Å². The van der Waals surface area contributed by atoms with Crippen LogP contribution in [0.2, 0.25) is 0 Å². The van der Waals surface area contributed by atoms with Crippen LogP contribution in [0.5, 0.6) is 5.75 Å². The first-order chi connectivity index (χ1) is 9.15. The van der Waals surface area contributed by atoms with Crippen LogP contribution in [0.1, 0.15) is 18.4 Å². The molecule has 0 unspecified atom stereocenters. The molecule has 0 saturated carbocycles. The third kappa shape index (κ3) is 4.29. The Bertz CT molecular complexity index is 441. The Hall–Kier alpha value is -1.46. The van der Waals surface area contributed by atoms with Crippen molar-refractivity contribution >= 4 is 5.97 Å². The minimum absolute atomic E-state index is 0.0588. The van der Waals surface area contributed by atoms with Crippen molar-refractivity contribution in [2.75, 3.05) is 19.8 Å². The maximum Gasteiger partial charge on any atom is 0.337 e. The van der Waals surface area contributed by atoms with Crippen molar-refractivity contribution in [3.8, 4) is 5.75 Å². The number of esters is 1. The Balaban J connectivity index is 1.75. The van der Waals surface area contributed by atoms with Crippen molar-refractivity contribution in [1.29, 1.82) is 0 Å². The van der Waals surface area contributed by atoms with Crippen LogP contribution in [-0.2, 0) is 14.3 Å². The summed E-state index contributed by atoms with van der Waals surface area (Å²) in [5, 5.41) is 0. The van der Waals surface area contributed by atoms with Gasteiger partial charge in [-0.05, 0) is 37.5 Å². The molecule has 1 fully saturated rings. The van der Waals surface area contributed by atoms with Gasteiger partial charge in [0.25, 0.3) is 0 Å². The average molecular weight is 268 g/mol. The fourth-order valence-corrected chi connectivity index (χ4v) is 1.89. The fraction of sp³-hybridized carbons (Fsp3) is 0.500. The zero-order valence-corrected chi connectivity index (χ0v) is 10.9. The molecule has 1 aromatic rings. The second-order valence-electron chi connectivity index (χ2n) is 4.56. The van der Waals surface area contributed by atoms with Gasteiger partial charge in [0.05, 0.1) is 12.7 Å². The smallest absolute Gasteiger partial charge is 0.337 e. The number of carbonyl (C=O) groups excluding carboxylic acids is 1. The van der Waals surface area contributed by atoms with Gasteiger partial charge >= 0.3 is 5.97 Å². The van der Waals surface area contributed by atoms with Crippen LogP contribution in [0.4, 0.5) is 4.39 Å². The summed E-state index contributed by atoms with van der Waals surface area (Å²) < 4.78 is 28.8. The molecule has 0 N–H and O–H groups in total. The van der Waals surface area contributed by atoms with Gasteiger partial charge in [0.1, 0.15) is 6.61 Å². The molecule has 5 heteroatoms. The first-order valence-corrected chi connectivity index (χ1v) is 6.31. The summed E-state index contributed by atoms with van der Waals surface area (Å²) in [4.78, 5) is 11.5. The maximum atomic E-state index is 13.4. The Labute approximate surface area is 111 Å². The van der Waals surface area contributed by atoms with Crippen LogP contribution in [-0.4, -0.2) is 31.9 Å². The van der Waals surface area contributed by atoms with Crippen molar-refractivity contribution in [2.45, 2.75) is 25.9 Å². The van der Waals surface area contributed by atoms with Crippen LogP contribution in [0.15, 0.2) is 18.2 Å². The number of halogens is 1. The van der Waals surface area contributed by atoms with Gasteiger partial charge in [-0.1, -0.05) is 6.07 Å². The minimum atomic E-state index is -0.609. The summed E-state index contributed by atoms with van der Waals surface area (Å²) in [6, 6.07) is 4.36. The molecule has 1 saturated heterocycles. The van der Waals surface area contributed by atoms with Crippen molar-refractivity contribution in [3.05, 3.63) is 29.6 Å². The predicted molar refractivity (Wildman–Crippen MR) is 66.6 cm³/mol. The summed E-state index contributed by atoms with van der Waals surface area (Å²) in [7, 11) is 0. The first kappa shape index (κ1) is 14.0. The van der Waals surface area contributed by atoms with Crippen LogP contribution in [0, 0.1) is 12.7 Å². The molecule has 1 atom stereocenters. The Morgan fingerprint density at radius 2 is 2.37 bits per heavy atom. The van der Waals surface area contributed by atoms with E-state index in [-0.39, 0.29) is 18.5 Å². The van der Waals surface area contributed by atoms with Gasteiger partial charge in [-0.3, -0.25) is 0 Å². The molecule has 4 nitrogen and oxygen atoms in total. The monoisotopic (exact) mass is 268 g/mol. The second kappa shape index (κ2) is 6.63. The number of rotatable bonds is 5. The lowest BCUT2D eigenvalue weighted by Crippen LogP contribution is -2.21. The maximum absolute atomic E-state index is 13.4. The molecule has 0 aliphatic carbocycles. The number of hydrogen-bond donors (Lipinski definition) is 0. The molecule has 104 valence electrons. The van der Waals surface area contributed by atoms with Gasteiger partial charge < -0.3 is 14.2 Å². The molecule has 0 spiro atoms. The number of benzene rings is 1. The number of hydrogen-bond acceptors (Lipinski definition) is 4. The normalized spacial score (nSPS) is 18.5. The molecule has 1 aliphatic rings. The van der Waals surface area contributed by atoms with Crippen molar-refractivity contribution < 1.29 is 23.4 Å². The zero-order valence-electron chi connectivity index (χ0n) is 10.9. The van der Waals surface area contributed by atoms with E-state index in [1.165, 1.54) is 12.1 Å². The van der Waals surface area contributed by atoms with Crippen molar-refractivity contribution in [1.82, 2.24) is 0 Å². The van der Waals surface area contributed by atoms with Crippen molar-refractivity contribution in [2.24, 2.45) is 0 Å². The summed E-state index contributed by atoms with van der Waals surface area (Å²) in [6.45, 7) is 2.70. The van der Waals surface area contributed by atoms with E-state index in [9.17, 15) is 9.18 Å². The third-order valence-electron chi connectivity index (χ3n) is 2.86. The molecular formula is C14H17FO4. The van der Waals surface area contributed by atoms with E-state index in [1.54, 1.807) is 13.0 Å². The van der Waals surface area contributed by atoms with Gasteiger partial charge in [-0.25, -0.2) is 9.18 Å². The Kier molecular flexibility index (Phi) is 4.87. The third-order valence-corrected chi connectivity index (χ3v) is 2.86. The lowest BCUT2D eigenvalue weighted by atomic mass is 10.2. The highest BCUT2D eigenvalue weighted by molar-refractivity contribution is 5.73. The Morgan fingerprint density at radius 1 is 1.53 bits per heavy atom. The van der Waals surface area contributed by atoms with Crippen LogP contribution < -0.4 is 4.74 Å². The van der Waals surface area contributed by atoms with Crippen LogP contribution >= 0.6 is 0 Å². The van der Waals surface area contributed by atoms with Gasteiger partial charge in [-0.2, -0.15) is 0 Å². The SMILES string of the molecule is Cc1ccc(F)c(OC(=O)COC[C@H]2CCCO2)c1. The summed E-state index contributed by atoms with van der Waals surface area (Å²) in [5.41, 5.74) is 0.824. The van der Waals surface area contributed by atoms with E-state index in [0.29, 0.717) is 6.61 Å². The molecule has 1 heterocycles. The fourth-order valence-electron chi connectivity index (χ4n) is 1.89. The Morgan fingerprint density at radius 3 is 3.11 bits per heavy atom. The molecule has 19 heavy (non-hydrogen) atoms. The highest BCUT2D eigenvalue weighted by Gasteiger charge is 2.16. The highest BCUT2D eigenvalue weighted by Crippen LogP contribution is 2.18. The van der Waals surface area contributed by atoms with E-state index in [4.69, 9.17) is 14.2 Å². The highest BCUT2D eigenvalue weighted by atomic mass is 19.1. The minimum Gasteiger partial charge on any atom is -0.422 e. The number of ether oxygens (including phenoxy) is 3. The summed E-state index contributed by atoms with van der Waals surface area (Å²) in [5.74, 6) is -1.23. The largest absolute Gasteiger partial charge is 0.422 e. The van der Waals surface area contributed by atoms with Gasteiger partial charge in [0.15, 0.2) is 11.6 Å². The molecule has 2 rings (SSSR count). The lowest BCUT2D eigenvalue weighted by Gasteiger charge is -2.10. The predicted octanol–water partition coefficient (Wildman–Crippen LogP) is 2.24. The van der Waals surface area contributed by atoms with E-state index < -0.39 is 11.8 Å². The molecule has 0 amide bonds. The molecule has 0 bridgehead atoms. The van der Waals surface area contributed by atoms with E-state index >= 15 is 0 Å². The summed E-state index contributed by atoms with van der Waals surface area (Å²) in [6.07, 6.45) is 2.03. The first-order valence-electron chi connectivity index (χ1n) is 6.31. The standard InChI is InChI=1S/C14H17FO4/c1-10-4-5-12(15)13(7-10)19-14(16)9-17-8-11-3-2-6-18-11/h4-5,7,11H,2-3,6,8-9H2,1H3/t11-/m1/s1. The molecule has 1 aromatic carbocycles. The number of carbonyl (C=O) groups is 1. The van der Waals surface area contributed by atoms with Crippen molar-refractivity contribution in [3.63, 3.8) is 0 Å². The van der Waals surface area contributed by atoms with Crippen LogP contribution in [0.25, 0.3) is 0 Å². The summed E-state index contributed by atoms with van der Waals surface area (Å²) >= 11 is 0. The molecule has 0 aromatic heterocycles. The topological polar surface area (TPSA) is 44.8 Å². The average Bonchev–Trinajstić information content (AvgIpc) is 2.87. The molecule has 1 aliphatic heterocycles. The number of aryl methyl sites for hydroxylation is 1. The lowest BCUT2D eigenvalue weighted by molar-refractivity contribution is -0.140. The van der Waals surface area contributed by atoms with Gasteiger partial charge in [0, 0.05) is 6.61 Å². The van der Waals surface area contributed by atoms with E-state index in [1.807, 2.05) is 0 Å². The molecule has 0 radical (unpaired) electrons. The second-order valence-corrected chi connectivity index (χ2v) is 4.56. The van der Waals surface area contributed by atoms with Gasteiger partial charge in [0.2, 0.25) is 0 Å².